The van der Waals surface area contributed by atoms with Crippen molar-refractivity contribution in [3.8, 4) is 5.75 Å². The summed E-state index contributed by atoms with van der Waals surface area (Å²) < 4.78 is 5.52. The molecule has 0 aliphatic carbocycles. The van der Waals surface area contributed by atoms with Gasteiger partial charge in [-0.2, -0.15) is 0 Å². The van der Waals surface area contributed by atoms with Crippen molar-refractivity contribution in [3.63, 3.8) is 0 Å². The topological polar surface area (TPSA) is 95.5 Å². The van der Waals surface area contributed by atoms with Crippen LogP contribution in [0.2, 0.25) is 0 Å². The zero-order chi connectivity index (χ0) is 20.2. The van der Waals surface area contributed by atoms with Gasteiger partial charge in [0.25, 0.3) is 5.75 Å². The highest BCUT2D eigenvalue weighted by molar-refractivity contribution is 5.66. The van der Waals surface area contributed by atoms with Crippen LogP contribution in [0.3, 0.4) is 0 Å². The van der Waals surface area contributed by atoms with Crippen LogP contribution < -0.4 is 4.74 Å². The summed E-state index contributed by atoms with van der Waals surface area (Å²) in [5.74, 6) is -0.218. The fourth-order valence-corrected chi connectivity index (χ4v) is 3.12. The van der Waals surface area contributed by atoms with E-state index in [1.165, 1.54) is 51.0 Å². The molecule has 0 atom stereocenters. The first-order valence-electron chi connectivity index (χ1n) is 9.95. The summed E-state index contributed by atoms with van der Waals surface area (Å²) in [5, 5.41) is 22.6. The molecule has 7 heteroatoms. The predicted octanol–water partition coefficient (Wildman–Crippen LogP) is 6.42. The molecule has 0 heterocycles. The maximum Gasteiger partial charge on any atom is 0.321 e. The van der Waals surface area contributed by atoms with E-state index in [9.17, 15) is 20.2 Å². The lowest BCUT2D eigenvalue weighted by Gasteiger charge is -2.10. The van der Waals surface area contributed by atoms with Gasteiger partial charge in [0.05, 0.1) is 16.5 Å². The first-order chi connectivity index (χ1) is 12.9. The first-order valence-corrected chi connectivity index (χ1v) is 9.95. The van der Waals surface area contributed by atoms with E-state index in [0.29, 0.717) is 11.1 Å². The van der Waals surface area contributed by atoms with Gasteiger partial charge in [0.2, 0.25) is 0 Å². The van der Waals surface area contributed by atoms with Crippen molar-refractivity contribution in [2.75, 3.05) is 6.61 Å². The second-order valence-electron chi connectivity index (χ2n) is 7.06. The van der Waals surface area contributed by atoms with Crippen molar-refractivity contribution in [2.45, 2.75) is 85.0 Å². The normalized spacial score (nSPS) is 10.8. The van der Waals surface area contributed by atoms with Crippen molar-refractivity contribution in [3.05, 3.63) is 37.4 Å². The number of hydrogen-bond donors (Lipinski definition) is 0. The second kappa shape index (κ2) is 12.3. The minimum absolute atomic E-state index is 0.218. The van der Waals surface area contributed by atoms with Crippen molar-refractivity contribution < 1.29 is 14.6 Å². The smallest absolute Gasteiger partial charge is 0.321 e. The van der Waals surface area contributed by atoms with Crippen molar-refractivity contribution in [1.82, 2.24) is 0 Å². The summed E-state index contributed by atoms with van der Waals surface area (Å²) >= 11 is 0. The lowest BCUT2D eigenvalue weighted by atomic mass is 10.1. The highest BCUT2D eigenvalue weighted by atomic mass is 16.6. The third kappa shape index (κ3) is 7.53. The van der Waals surface area contributed by atoms with E-state index in [1.54, 1.807) is 13.8 Å². The molecule has 7 nitrogen and oxygen atoms in total. The molecule has 0 radical (unpaired) electrons. The molecule has 27 heavy (non-hydrogen) atoms. The Bertz CT molecular complexity index is 631. The Hall–Kier alpha value is -2.18. The van der Waals surface area contributed by atoms with Gasteiger partial charge in [0.15, 0.2) is 0 Å². The Kier molecular flexibility index (Phi) is 10.4. The van der Waals surface area contributed by atoms with E-state index >= 15 is 0 Å². The predicted molar refractivity (Wildman–Crippen MR) is 107 cm³/mol. The van der Waals surface area contributed by atoms with Gasteiger partial charge in [-0.15, -0.1) is 0 Å². The van der Waals surface area contributed by atoms with Crippen LogP contribution >= 0.6 is 0 Å². The summed E-state index contributed by atoms with van der Waals surface area (Å²) in [4.78, 5) is 21.4. The third-order valence-electron chi connectivity index (χ3n) is 4.87. The van der Waals surface area contributed by atoms with Crippen LogP contribution in [-0.2, 0) is 0 Å². The monoisotopic (exact) mass is 380 g/mol. The Morgan fingerprint density at radius 2 is 1.37 bits per heavy atom. The van der Waals surface area contributed by atoms with Gasteiger partial charge in [0.1, 0.15) is 0 Å². The molecule has 152 valence electrons. The molecule has 1 aromatic carbocycles. The van der Waals surface area contributed by atoms with Crippen molar-refractivity contribution in [2.24, 2.45) is 0 Å². The number of nitro groups is 2. The SMILES string of the molecule is CCCCCCCCCCCCOc1c([N+](=O)[O-])cc(C)c(C)c1[N+](=O)[O-]. The molecule has 0 amide bonds. The average Bonchev–Trinajstić information content (AvgIpc) is 2.61. The molecule has 0 spiro atoms. The largest absolute Gasteiger partial charge is 0.482 e. The second-order valence-corrected chi connectivity index (χ2v) is 7.06. The molecular weight excluding hydrogens is 348 g/mol. The van der Waals surface area contributed by atoms with Gasteiger partial charge in [-0.1, -0.05) is 64.7 Å². The molecule has 0 aliphatic heterocycles. The molecule has 1 aromatic rings. The minimum atomic E-state index is -0.618. The molecule has 0 saturated heterocycles. The number of ether oxygens (including phenoxy) is 1. The maximum atomic E-state index is 11.4. The molecule has 0 aliphatic rings. The highest BCUT2D eigenvalue weighted by Gasteiger charge is 2.30. The number of unbranched alkanes of at least 4 members (excludes halogenated alkanes) is 9. The van der Waals surface area contributed by atoms with Crippen LogP contribution in [0.5, 0.6) is 5.75 Å². The standard InChI is InChI=1S/C20H32N2O5/c1-4-5-6-7-8-9-10-11-12-13-14-27-20-18(21(23)24)15-16(2)17(3)19(20)22(25)26/h15H,4-14H2,1-3H3. The zero-order valence-corrected chi connectivity index (χ0v) is 16.8. The van der Waals surface area contributed by atoms with Crippen molar-refractivity contribution >= 4 is 11.4 Å². The third-order valence-corrected chi connectivity index (χ3v) is 4.87. The van der Waals surface area contributed by atoms with E-state index in [4.69, 9.17) is 4.74 Å². The fraction of sp³-hybridized carbons (Fsp3) is 0.700. The number of rotatable bonds is 14. The highest BCUT2D eigenvalue weighted by Crippen LogP contribution is 2.41. The number of nitro benzene ring substituents is 2. The minimum Gasteiger partial charge on any atom is -0.482 e. The molecule has 0 fully saturated rings. The van der Waals surface area contributed by atoms with Crippen LogP contribution in [0.1, 0.15) is 82.3 Å². The van der Waals surface area contributed by atoms with Crippen LogP contribution in [0, 0.1) is 34.1 Å². The summed E-state index contributed by atoms with van der Waals surface area (Å²) in [6, 6.07) is 1.34. The van der Waals surface area contributed by atoms with E-state index in [1.807, 2.05) is 0 Å². The average molecular weight is 380 g/mol. The Morgan fingerprint density at radius 3 is 1.85 bits per heavy atom. The quantitative estimate of drug-likeness (QED) is 0.211. The van der Waals surface area contributed by atoms with E-state index in [-0.39, 0.29) is 23.7 Å². The van der Waals surface area contributed by atoms with Gasteiger partial charge < -0.3 is 4.74 Å². The molecule has 1 rings (SSSR count). The van der Waals surface area contributed by atoms with E-state index < -0.39 is 9.85 Å². The molecular formula is C20H32N2O5. The van der Waals surface area contributed by atoms with Crippen molar-refractivity contribution in [1.29, 1.82) is 0 Å². The molecule has 0 unspecified atom stereocenters. The maximum absolute atomic E-state index is 11.4. The molecule has 0 N–H and O–H groups in total. The van der Waals surface area contributed by atoms with Gasteiger partial charge >= 0.3 is 11.4 Å². The molecule has 0 aromatic heterocycles. The molecule has 0 saturated carbocycles. The van der Waals surface area contributed by atoms with Gasteiger partial charge in [0, 0.05) is 11.6 Å². The Labute approximate surface area is 161 Å². The van der Waals surface area contributed by atoms with Crippen LogP contribution in [0.25, 0.3) is 0 Å². The lowest BCUT2D eigenvalue weighted by molar-refractivity contribution is -0.396. The van der Waals surface area contributed by atoms with E-state index in [2.05, 4.69) is 6.92 Å². The summed E-state index contributed by atoms with van der Waals surface area (Å²) in [6.07, 6.45) is 11.7. The lowest BCUT2D eigenvalue weighted by Crippen LogP contribution is -2.06. The number of nitrogens with zero attached hydrogens (tertiary/aromatic N) is 2. The number of hydrogen-bond acceptors (Lipinski definition) is 5. The Morgan fingerprint density at radius 1 is 0.852 bits per heavy atom. The van der Waals surface area contributed by atoms with Gasteiger partial charge in [-0.3, -0.25) is 20.2 Å². The molecule has 0 bridgehead atoms. The van der Waals surface area contributed by atoms with Crippen LogP contribution in [0.15, 0.2) is 6.07 Å². The van der Waals surface area contributed by atoms with Gasteiger partial charge in [-0.25, -0.2) is 0 Å². The summed E-state index contributed by atoms with van der Waals surface area (Å²) in [7, 11) is 0. The number of benzene rings is 1. The van der Waals surface area contributed by atoms with Crippen LogP contribution in [-0.4, -0.2) is 16.5 Å². The number of aryl methyl sites for hydroxylation is 1. The summed E-state index contributed by atoms with van der Waals surface area (Å²) in [5.41, 5.74) is 0.286. The van der Waals surface area contributed by atoms with Gasteiger partial charge in [-0.05, 0) is 25.8 Å². The Balaban J connectivity index is 2.47. The van der Waals surface area contributed by atoms with Crippen LogP contribution in [0.4, 0.5) is 11.4 Å². The fourth-order valence-electron chi connectivity index (χ4n) is 3.12. The summed E-state index contributed by atoms with van der Waals surface area (Å²) in [6.45, 7) is 5.68. The first kappa shape index (κ1) is 22.9. The zero-order valence-electron chi connectivity index (χ0n) is 16.8. The van der Waals surface area contributed by atoms with E-state index in [0.717, 1.165) is 19.3 Å².